The average Bonchev–Trinajstić information content (AvgIpc) is 2.35. The lowest BCUT2D eigenvalue weighted by Gasteiger charge is -2.06. The molecule has 0 radical (unpaired) electrons. The standard InChI is InChI=1S/C14H15NO4/c1-10(16)15-7-3-4-11-5-6-12(9-14(17)18)13(8-11)19-2/h5-6,8H,7,9H2,1-2H3,(H,15,16)(H,17,18). The van der Waals surface area contributed by atoms with Gasteiger partial charge in [0.25, 0.3) is 0 Å². The summed E-state index contributed by atoms with van der Waals surface area (Å²) in [6.07, 6.45) is -0.0945. The predicted octanol–water partition coefficient (Wildman–Crippen LogP) is 0.810. The molecule has 0 fully saturated rings. The second-order valence-electron chi connectivity index (χ2n) is 3.81. The van der Waals surface area contributed by atoms with Crippen molar-refractivity contribution < 1.29 is 19.4 Å². The van der Waals surface area contributed by atoms with E-state index < -0.39 is 5.97 Å². The van der Waals surface area contributed by atoms with E-state index in [-0.39, 0.29) is 18.9 Å². The highest BCUT2D eigenvalue weighted by atomic mass is 16.5. The molecule has 1 amide bonds. The molecule has 5 heteroatoms. The van der Waals surface area contributed by atoms with Crippen LogP contribution in [-0.2, 0) is 16.0 Å². The molecular formula is C14H15NO4. The second kappa shape index (κ2) is 7.07. The number of hydrogen-bond acceptors (Lipinski definition) is 3. The molecule has 0 bridgehead atoms. The maximum absolute atomic E-state index is 10.7. The summed E-state index contributed by atoms with van der Waals surface area (Å²) in [6.45, 7) is 1.69. The highest BCUT2D eigenvalue weighted by Crippen LogP contribution is 2.20. The third-order valence-electron chi connectivity index (χ3n) is 2.29. The van der Waals surface area contributed by atoms with E-state index in [0.717, 1.165) is 0 Å². The van der Waals surface area contributed by atoms with E-state index in [0.29, 0.717) is 16.9 Å². The normalized spacial score (nSPS) is 9.16. The number of methoxy groups -OCH3 is 1. The van der Waals surface area contributed by atoms with Gasteiger partial charge in [-0.25, -0.2) is 0 Å². The summed E-state index contributed by atoms with van der Waals surface area (Å²) in [5, 5.41) is 11.3. The van der Waals surface area contributed by atoms with Crippen LogP contribution in [0.5, 0.6) is 5.75 Å². The van der Waals surface area contributed by atoms with Crippen molar-refractivity contribution in [1.82, 2.24) is 5.32 Å². The van der Waals surface area contributed by atoms with Crippen molar-refractivity contribution in [2.75, 3.05) is 13.7 Å². The quantitative estimate of drug-likeness (QED) is 0.786. The predicted molar refractivity (Wildman–Crippen MR) is 69.9 cm³/mol. The maximum atomic E-state index is 10.7. The van der Waals surface area contributed by atoms with Gasteiger partial charge >= 0.3 is 5.97 Å². The van der Waals surface area contributed by atoms with Gasteiger partial charge < -0.3 is 15.2 Å². The Morgan fingerprint density at radius 3 is 2.74 bits per heavy atom. The Bertz CT molecular complexity index is 540. The Balaban J connectivity index is 2.81. The molecule has 0 aliphatic heterocycles. The molecule has 0 spiro atoms. The molecule has 100 valence electrons. The Hall–Kier alpha value is -2.48. The number of aliphatic carboxylic acids is 1. The fourth-order valence-electron chi connectivity index (χ4n) is 1.45. The van der Waals surface area contributed by atoms with Crippen LogP contribution >= 0.6 is 0 Å². The van der Waals surface area contributed by atoms with Gasteiger partial charge in [-0.05, 0) is 12.1 Å². The number of benzene rings is 1. The zero-order chi connectivity index (χ0) is 14.3. The van der Waals surface area contributed by atoms with Crippen LogP contribution < -0.4 is 10.1 Å². The first kappa shape index (κ1) is 14.6. The minimum absolute atomic E-state index is 0.0945. The van der Waals surface area contributed by atoms with Crippen LogP contribution in [0.25, 0.3) is 0 Å². The number of amides is 1. The van der Waals surface area contributed by atoms with E-state index in [9.17, 15) is 9.59 Å². The Morgan fingerprint density at radius 1 is 1.42 bits per heavy atom. The molecule has 5 nitrogen and oxygen atoms in total. The van der Waals surface area contributed by atoms with Crippen LogP contribution in [0.3, 0.4) is 0 Å². The molecule has 1 rings (SSSR count). The largest absolute Gasteiger partial charge is 0.496 e. The summed E-state index contributed by atoms with van der Waals surface area (Å²) in [4.78, 5) is 21.3. The average molecular weight is 261 g/mol. The van der Waals surface area contributed by atoms with E-state index in [1.54, 1.807) is 18.2 Å². The van der Waals surface area contributed by atoms with Crippen LogP contribution in [0.1, 0.15) is 18.1 Å². The maximum Gasteiger partial charge on any atom is 0.307 e. The molecule has 0 unspecified atom stereocenters. The smallest absolute Gasteiger partial charge is 0.307 e. The molecule has 0 atom stereocenters. The van der Waals surface area contributed by atoms with Crippen molar-refractivity contribution in [2.24, 2.45) is 0 Å². The number of nitrogens with one attached hydrogen (secondary N) is 1. The monoisotopic (exact) mass is 261 g/mol. The van der Waals surface area contributed by atoms with Gasteiger partial charge in [-0.3, -0.25) is 9.59 Å². The molecule has 2 N–H and O–H groups in total. The minimum atomic E-state index is -0.914. The molecule has 1 aromatic rings. The number of carboxylic acid groups (broad SMARTS) is 1. The molecule has 0 saturated heterocycles. The number of hydrogen-bond donors (Lipinski definition) is 2. The third kappa shape index (κ3) is 5.13. The van der Waals surface area contributed by atoms with E-state index >= 15 is 0 Å². The summed E-state index contributed by atoms with van der Waals surface area (Å²) in [7, 11) is 1.48. The fraction of sp³-hybridized carbons (Fsp3) is 0.286. The van der Waals surface area contributed by atoms with Crippen LogP contribution in [0.15, 0.2) is 18.2 Å². The van der Waals surface area contributed by atoms with Gasteiger partial charge in [0.1, 0.15) is 5.75 Å². The van der Waals surface area contributed by atoms with Gasteiger partial charge in [-0.1, -0.05) is 17.9 Å². The molecule has 19 heavy (non-hydrogen) atoms. The Morgan fingerprint density at radius 2 is 2.16 bits per heavy atom. The van der Waals surface area contributed by atoms with Gasteiger partial charge in [-0.15, -0.1) is 0 Å². The molecule has 0 aliphatic rings. The molecule has 0 aliphatic carbocycles. The van der Waals surface area contributed by atoms with Crippen molar-refractivity contribution >= 4 is 11.9 Å². The molecule has 0 aromatic heterocycles. The van der Waals surface area contributed by atoms with E-state index in [2.05, 4.69) is 17.2 Å². The van der Waals surface area contributed by atoms with E-state index in [1.165, 1.54) is 14.0 Å². The summed E-state index contributed by atoms with van der Waals surface area (Å²) in [5.74, 6) is 5.10. The number of ether oxygens (including phenoxy) is 1. The van der Waals surface area contributed by atoms with Gasteiger partial charge in [0.15, 0.2) is 0 Å². The summed E-state index contributed by atoms with van der Waals surface area (Å²) >= 11 is 0. The number of carboxylic acids is 1. The van der Waals surface area contributed by atoms with E-state index in [4.69, 9.17) is 9.84 Å². The van der Waals surface area contributed by atoms with Crippen molar-refractivity contribution in [3.63, 3.8) is 0 Å². The molecule has 1 aromatic carbocycles. The van der Waals surface area contributed by atoms with Crippen molar-refractivity contribution in [3.8, 4) is 17.6 Å². The number of rotatable bonds is 4. The topological polar surface area (TPSA) is 75.6 Å². The van der Waals surface area contributed by atoms with Gasteiger partial charge in [-0.2, -0.15) is 0 Å². The van der Waals surface area contributed by atoms with Gasteiger partial charge in [0.05, 0.1) is 20.1 Å². The van der Waals surface area contributed by atoms with Crippen molar-refractivity contribution in [3.05, 3.63) is 29.3 Å². The first-order valence-electron chi connectivity index (χ1n) is 5.65. The summed E-state index contributed by atoms with van der Waals surface area (Å²) in [5.41, 5.74) is 1.30. The lowest BCUT2D eigenvalue weighted by molar-refractivity contribution is -0.136. The summed E-state index contributed by atoms with van der Waals surface area (Å²) < 4.78 is 5.13. The number of carbonyl (C=O) groups excluding carboxylic acids is 1. The van der Waals surface area contributed by atoms with Crippen molar-refractivity contribution in [2.45, 2.75) is 13.3 Å². The highest BCUT2D eigenvalue weighted by molar-refractivity contribution is 5.73. The highest BCUT2D eigenvalue weighted by Gasteiger charge is 2.07. The second-order valence-corrected chi connectivity index (χ2v) is 3.81. The van der Waals surface area contributed by atoms with Crippen LogP contribution in [0.2, 0.25) is 0 Å². The van der Waals surface area contributed by atoms with Gasteiger partial charge in [0, 0.05) is 18.1 Å². The lowest BCUT2D eigenvalue weighted by Crippen LogP contribution is -2.19. The van der Waals surface area contributed by atoms with Crippen LogP contribution in [0.4, 0.5) is 0 Å². The van der Waals surface area contributed by atoms with Crippen molar-refractivity contribution in [1.29, 1.82) is 0 Å². The fourth-order valence-corrected chi connectivity index (χ4v) is 1.45. The van der Waals surface area contributed by atoms with Crippen LogP contribution in [0, 0.1) is 11.8 Å². The minimum Gasteiger partial charge on any atom is -0.496 e. The van der Waals surface area contributed by atoms with E-state index in [1.807, 2.05) is 0 Å². The Labute approximate surface area is 111 Å². The molecular weight excluding hydrogens is 246 g/mol. The number of carbonyl (C=O) groups is 2. The zero-order valence-corrected chi connectivity index (χ0v) is 10.8. The summed E-state index contributed by atoms with van der Waals surface area (Å²) in [6, 6.07) is 5.08. The van der Waals surface area contributed by atoms with Crippen LogP contribution in [-0.4, -0.2) is 30.6 Å². The zero-order valence-electron chi connectivity index (χ0n) is 10.8. The van der Waals surface area contributed by atoms with Gasteiger partial charge in [0.2, 0.25) is 5.91 Å². The molecule has 0 heterocycles. The lowest BCUT2D eigenvalue weighted by atomic mass is 10.1. The molecule has 0 saturated carbocycles. The SMILES string of the molecule is COc1cc(C#CCNC(C)=O)ccc1CC(=O)O. The first-order chi connectivity index (χ1) is 9.02. The first-order valence-corrected chi connectivity index (χ1v) is 5.65. The third-order valence-corrected chi connectivity index (χ3v) is 2.29. The Kier molecular flexibility index (Phi) is 5.42.